The fraction of sp³-hybridized carbons (Fsp3) is 0.333. The van der Waals surface area contributed by atoms with Crippen LogP contribution in [0.15, 0.2) is 54.6 Å². The van der Waals surface area contributed by atoms with Crippen LogP contribution in [0.4, 0.5) is 5.69 Å². The van der Waals surface area contributed by atoms with Gasteiger partial charge in [0.2, 0.25) is 5.91 Å². The highest BCUT2D eigenvalue weighted by molar-refractivity contribution is 6.30. The van der Waals surface area contributed by atoms with Crippen LogP contribution < -0.4 is 15.0 Å². The van der Waals surface area contributed by atoms with Crippen LogP contribution in [0, 0.1) is 0 Å². The Morgan fingerprint density at radius 1 is 1.07 bits per heavy atom. The van der Waals surface area contributed by atoms with Gasteiger partial charge in [-0.25, -0.2) is 0 Å². The summed E-state index contributed by atoms with van der Waals surface area (Å²) >= 11 is 6.06. The van der Waals surface area contributed by atoms with Gasteiger partial charge in [0.1, 0.15) is 11.8 Å². The van der Waals surface area contributed by atoms with E-state index in [0.29, 0.717) is 23.9 Å². The molecule has 2 aromatic rings. The number of ether oxygens (including phenoxy) is 1. The van der Waals surface area contributed by atoms with Crippen LogP contribution in [0.3, 0.4) is 0 Å². The molecule has 1 N–H and O–H groups in total. The summed E-state index contributed by atoms with van der Waals surface area (Å²) in [7, 11) is 0. The molecule has 2 amide bonds. The predicted octanol–water partition coefficient (Wildman–Crippen LogP) is 2.57. The van der Waals surface area contributed by atoms with Gasteiger partial charge in [0.05, 0.1) is 0 Å². The average Bonchev–Trinajstić information content (AvgIpc) is 2.72. The van der Waals surface area contributed by atoms with E-state index in [1.54, 1.807) is 24.0 Å². The Labute approximate surface area is 170 Å². The van der Waals surface area contributed by atoms with Crippen molar-refractivity contribution in [3.8, 4) is 5.75 Å². The monoisotopic (exact) mass is 401 g/mol. The molecule has 3 rings (SSSR count). The van der Waals surface area contributed by atoms with Crippen molar-refractivity contribution in [2.75, 3.05) is 37.7 Å². The van der Waals surface area contributed by atoms with Crippen LogP contribution in [0.2, 0.25) is 5.02 Å². The van der Waals surface area contributed by atoms with Gasteiger partial charge in [-0.3, -0.25) is 9.59 Å². The number of piperazine rings is 1. The third-order valence-electron chi connectivity index (χ3n) is 4.63. The number of para-hydroxylation sites is 1. The minimum atomic E-state index is -0.593. The topological polar surface area (TPSA) is 61.9 Å². The number of carbonyl (C=O) groups is 2. The number of nitrogens with one attached hydrogen (secondary N) is 1. The molecule has 148 valence electrons. The summed E-state index contributed by atoms with van der Waals surface area (Å²) in [5, 5.41) is 3.41. The molecule has 1 atom stereocenters. The zero-order chi connectivity index (χ0) is 19.9. The number of halogens is 1. The van der Waals surface area contributed by atoms with E-state index in [-0.39, 0.29) is 18.4 Å². The van der Waals surface area contributed by atoms with Crippen molar-refractivity contribution in [2.24, 2.45) is 0 Å². The molecule has 1 aliphatic rings. The van der Waals surface area contributed by atoms with Crippen molar-refractivity contribution in [2.45, 2.75) is 13.0 Å². The highest BCUT2D eigenvalue weighted by Gasteiger charge is 2.26. The second-order valence-electron chi connectivity index (χ2n) is 6.68. The Morgan fingerprint density at radius 3 is 2.46 bits per heavy atom. The quantitative estimate of drug-likeness (QED) is 0.808. The van der Waals surface area contributed by atoms with Crippen molar-refractivity contribution >= 4 is 29.1 Å². The van der Waals surface area contributed by atoms with E-state index in [9.17, 15) is 9.59 Å². The van der Waals surface area contributed by atoms with E-state index < -0.39 is 6.04 Å². The lowest BCUT2D eigenvalue weighted by Crippen LogP contribution is -2.54. The first-order chi connectivity index (χ1) is 13.5. The van der Waals surface area contributed by atoms with Gasteiger partial charge in [-0.05, 0) is 37.3 Å². The molecular formula is C21H24ClN3O3. The maximum atomic E-state index is 12.6. The first-order valence-electron chi connectivity index (χ1n) is 9.29. The number of rotatable bonds is 6. The largest absolute Gasteiger partial charge is 0.484 e. The Hall–Kier alpha value is -2.73. The Balaban J connectivity index is 1.44. The summed E-state index contributed by atoms with van der Waals surface area (Å²) in [6, 6.07) is 16.2. The van der Waals surface area contributed by atoms with Crippen molar-refractivity contribution in [3.05, 3.63) is 59.6 Å². The molecule has 0 bridgehead atoms. The molecule has 7 heteroatoms. The highest BCUT2D eigenvalue weighted by Crippen LogP contribution is 2.21. The fourth-order valence-corrected chi connectivity index (χ4v) is 3.33. The standard InChI is InChI=1S/C21H24ClN3O3/c1-16(23-20(26)15-28-19-8-3-2-4-9-19)21(27)25-12-10-24(11-13-25)18-7-5-6-17(22)14-18/h2-9,14,16H,10-13,15H2,1H3,(H,23,26)/t16-/m0/s1. The van der Waals surface area contributed by atoms with Crippen LogP contribution >= 0.6 is 11.6 Å². The third-order valence-corrected chi connectivity index (χ3v) is 4.86. The zero-order valence-corrected chi connectivity index (χ0v) is 16.6. The van der Waals surface area contributed by atoms with E-state index in [4.69, 9.17) is 16.3 Å². The van der Waals surface area contributed by atoms with E-state index >= 15 is 0 Å². The second-order valence-corrected chi connectivity index (χ2v) is 7.12. The number of hydrogen-bond acceptors (Lipinski definition) is 4. The third kappa shape index (κ3) is 5.39. The lowest BCUT2D eigenvalue weighted by atomic mass is 10.2. The number of amides is 2. The summed E-state index contributed by atoms with van der Waals surface area (Å²) in [6.07, 6.45) is 0. The molecular weight excluding hydrogens is 378 g/mol. The van der Waals surface area contributed by atoms with Gasteiger partial charge in [-0.2, -0.15) is 0 Å². The van der Waals surface area contributed by atoms with Gasteiger partial charge >= 0.3 is 0 Å². The number of hydrogen-bond donors (Lipinski definition) is 1. The van der Waals surface area contributed by atoms with Crippen molar-refractivity contribution in [3.63, 3.8) is 0 Å². The minimum Gasteiger partial charge on any atom is -0.484 e. The van der Waals surface area contributed by atoms with Gasteiger partial charge in [0, 0.05) is 36.9 Å². The van der Waals surface area contributed by atoms with Gasteiger partial charge in [-0.1, -0.05) is 35.9 Å². The molecule has 0 unspecified atom stereocenters. The van der Waals surface area contributed by atoms with Gasteiger partial charge in [-0.15, -0.1) is 0 Å². The maximum Gasteiger partial charge on any atom is 0.258 e. The Kier molecular flexibility index (Phi) is 6.76. The summed E-state index contributed by atoms with van der Waals surface area (Å²) in [5.41, 5.74) is 1.05. The van der Waals surface area contributed by atoms with Crippen LogP contribution in [0.25, 0.3) is 0 Å². The number of nitrogens with zero attached hydrogens (tertiary/aromatic N) is 2. The van der Waals surface area contributed by atoms with Gasteiger partial charge in [0.15, 0.2) is 6.61 Å². The van der Waals surface area contributed by atoms with E-state index in [1.807, 2.05) is 42.5 Å². The predicted molar refractivity (Wildman–Crippen MR) is 110 cm³/mol. The highest BCUT2D eigenvalue weighted by atomic mass is 35.5. The summed E-state index contributed by atoms with van der Waals surface area (Å²) in [6.45, 7) is 4.24. The SMILES string of the molecule is C[C@H](NC(=O)COc1ccccc1)C(=O)N1CCN(c2cccc(Cl)c2)CC1. The van der Waals surface area contributed by atoms with Gasteiger partial charge in [0.25, 0.3) is 5.91 Å². The Morgan fingerprint density at radius 2 is 1.79 bits per heavy atom. The minimum absolute atomic E-state index is 0.0844. The summed E-state index contributed by atoms with van der Waals surface area (Å²) in [5.74, 6) is 0.217. The molecule has 1 saturated heterocycles. The first kappa shape index (κ1) is 20.0. The zero-order valence-electron chi connectivity index (χ0n) is 15.8. The molecule has 0 aromatic heterocycles. The van der Waals surface area contributed by atoms with Crippen molar-refractivity contribution < 1.29 is 14.3 Å². The summed E-state index contributed by atoms with van der Waals surface area (Å²) in [4.78, 5) is 28.7. The molecule has 28 heavy (non-hydrogen) atoms. The van der Waals surface area contributed by atoms with Crippen molar-refractivity contribution in [1.82, 2.24) is 10.2 Å². The number of benzene rings is 2. The smallest absolute Gasteiger partial charge is 0.258 e. The molecule has 0 spiro atoms. The van der Waals surface area contributed by atoms with E-state index in [2.05, 4.69) is 10.2 Å². The first-order valence-corrected chi connectivity index (χ1v) is 9.67. The molecule has 1 fully saturated rings. The van der Waals surface area contributed by atoms with E-state index in [0.717, 1.165) is 18.8 Å². The number of carbonyl (C=O) groups excluding carboxylic acids is 2. The van der Waals surface area contributed by atoms with E-state index in [1.165, 1.54) is 0 Å². The number of anilines is 1. The average molecular weight is 402 g/mol. The molecule has 1 heterocycles. The maximum absolute atomic E-state index is 12.6. The molecule has 0 saturated carbocycles. The van der Waals surface area contributed by atoms with Crippen LogP contribution in [0.1, 0.15) is 6.92 Å². The molecule has 6 nitrogen and oxygen atoms in total. The van der Waals surface area contributed by atoms with Crippen molar-refractivity contribution in [1.29, 1.82) is 0 Å². The fourth-order valence-electron chi connectivity index (χ4n) is 3.14. The Bertz CT molecular complexity index is 808. The lowest BCUT2D eigenvalue weighted by molar-refractivity contribution is -0.136. The molecule has 2 aromatic carbocycles. The molecule has 0 aliphatic carbocycles. The lowest BCUT2D eigenvalue weighted by Gasteiger charge is -2.37. The molecule has 1 aliphatic heterocycles. The van der Waals surface area contributed by atoms with Crippen LogP contribution in [-0.4, -0.2) is 55.5 Å². The normalized spacial score (nSPS) is 15.1. The van der Waals surface area contributed by atoms with Gasteiger partial charge < -0.3 is 19.9 Å². The summed E-state index contributed by atoms with van der Waals surface area (Å²) < 4.78 is 5.41. The van der Waals surface area contributed by atoms with Crippen LogP contribution in [-0.2, 0) is 9.59 Å². The molecule has 0 radical (unpaired) electrons. The second kappa shape index (κ2) is 9.46. The van der Waals surface area contributed by atoms with Crippen LogP contribution in [0.5, 0.6) is 5.75 Å².